The molecule has 4 rings (SSSR count). The van der Waals surface area contributed by atoms with Crippen LogP contribution in [0.5, 0.6) is 0 Å². The molecular weight excluding hydrogens is 487 g/mol. The highest BCUT2D eigenvalue weighted by Crippen LogP contribution is 2.44. The maximum Gasteiger partial charge on any atom is 0.416 e. The quantitative estimate of drug-likeness (QED) is 0.511. The SMILES string of the molecule is CCNC(=O)[C@@]1(OCc2cccc(C)c2)C[C@H](OCc2ccc(C(F)(F)F)cc2)[C@@H]2OC(C)(C)O[C@@H]2C1. The minimum absolute atomic E-state index is 0.0547. The number of carbonyl (C=O) groups is 1. The van der Waals surface area contributed by atoms with Gasteiger partial charge in [0.1, 0.15) is 6.10 Å². The van der Waals surface area contributed by atoms with Gasteiger partial charge in [0.25, 0.3) is 5.91 Å². The molecule has 1 aliphatic heterocycles. The van der Waals surface area contributed by atoms with Crippen LogP contribution in [0.4, 0.5) is 13.2 Å². The van der Waals surface area contributed by atoms with Crippen molar-refractivity contribution in [2.24, 2.45) is 0 Å². The summed E-state index contributed by atoms with van der Waals surface area (Å²) < 4.78 is 63.7. The van der Waals surface area contributed by atoms with E-state index in [1.165, 1.54) is 12.1 Å². The number of hydrogen-bond acceptors (Lipinski definition) is 5. The van der Waals surface area contributed by atoms with Gasteiger partial charge in [-0.05, 0) is 51.0 Å². The minimum Gasteiger partial charge on any atom is -0.371 e. The fourth-order valence-corrected chi connectivity index (χ4v) is 5.05. The number of carbonyl (C=O) groups excluding carboxylic acids is 1. The van der Waals surface area contributed by atoms with E-state index in [1.807, 2.05) is 38.1 Å². The number of nitrogens with one attached hydrogen (secondary N) is 1. The molecule has 2 aliphatic rings. The Morgan fingerprint density at radius 1 is 1.05 bits per heavy atom. The van der Waals surface area contributed by atoms with Crippen molar-refractivity contribution in [1.82, 2.24) is 5.32 Å². The predicted molar refractivity (Wildman–Crippen MR) is 130 cm³/mol. The van der Waals surface area contributed by atoms with Gasteiger partial charge in [-0.15, -0.1) is 0 Å². The first-order valence-electron chi connectivity index (χ1n) is 12.5. The van der Waals surface area contributed by atoms with E-state index in [9.17, 15) is 18.0 Å². The van der Waals surface area contributed by atoms with Crippen molar-refractivity contribution in [1.29, 1.82) is 0 Å². The second-order valence-electron chi connectivity index (χ2n) is 10.2. The normalized spacial score (nSPS) is 27.1. The Morgan fingerprint density at radius 3 is 2.43 bits per heavy atom. The molecule has 2 aromatic carbocycles. The van der Waals surface area contributed by atoms with E-state index >= 15 is 0 Å². The first-order valence-corrected chi connectivity index (χ1v) is 12.5. The number of aryl methyl sites for hydroxylation is 1. The molecule has 1 N–H and O–H groups in total. The lowest BCUT2D eigenvalue weighted by molar-refractivity contribution is -0.183. The number of amides is 1. The van der Waals surface area contributed by atoms with Crippen LogP contribution in [-0.2, 0) is 43.1 Å². The van der Waals surface area contributed by atoms with Gasteiger partial charge in [0, 0.05) is 19.4 Å². The summed E-state index contributed by atoms with van der Waals surface area (Å²) in [5.74, 6) is -1.13. The number of ether oxygens (including phenoxy) is 4. The van der Waals surface area contributed by atoms with E-state index in [0.29, 0.717) is 18.5 Å². The topological polar surface area (TPSA) is 66.0 Å². The van der Waals surface area contributed by atoms with Gasteiger partial charge >= 0.3 is 6.18 Å². The van der Waals surface area contributed by atoms with Crippen LogP contribution in [-0.4, -0.2) is 42.2 Å². The molecule has 0 unspecified atom stereocenters. The van der Waals surface area contributed by atoms with Gasteiger partial charge in [-0.25, -0.2) is 0 Å². The molecule has 2 fully saturated rings. The second-order valence-corrected chi connectivity index (χ2v) is 10.2. The van der Waals surface area contributed by atoms with Crippen molar-refractivity contribution in [3.8, 4) is 0 Å². The highest BCUT2D eigenvalue weighted by Gasteiger charge is 2.58. The fraction of sp³-hybridized carbons (Fsp3) is 0.536. The number of halogens is 3. The lowest BCUT2D eigenvalue weighted by Gasteiger charge is -2.43. The summed E-state index contributed by atoms with van der Waals surface area (Å²) in [6, 6.07) is 12.7. The van der Waals surface area contributed by atoms with Gasteiger partial charge in [0.2, 0.25) is 0 Å². The third kappa shape index (κ3) is 6.52. The largest absolute Gasteiger partial charge is 0.416 e. The van der Waals surface area contributed by atoms with Crippen LogP contribution in [0.25, 0.3) is 0 Å². The van der Waals surface area contributed by atoms with Crippen molar-refractivity contribution >= 4 is 5.91 Å². The molecule has 202 valence electrons. The molecule has 37 heavy (non-hydrogen) atoms. The van der Waals surface area contributed by atoms with Gasteiger partial charge in [-0.2, -0.15) is 13.2 Å². The molecule has 0 bridgehead atoms. The van der Waals surface area contributed by atoms with E-state index < -0.39 is 41.4 Å². The van der Waals surface area contributed by atoms with Gasteiger partial charge in [-0.3, -0.25) is 4.79 Å². The van der Waals surface area contributed by atoms with Crippen molar-refractivity contribution < 1.29 is 36.9 Å². The van der Waals surface area contributed by atoms with Crippen molar-refractivity contribution in [3.05, 3.63) is 70.8 Å². The van der Waals surface area contributed by atoms with E-state index in [2.05, 4.69) is 5.32 Å². The lowest BCUT2D eigenvalue weighted by atomic mass is 9.78. The fourth-order valence-electron chi connectivity index (χ4n) is 5.05. The number of alkyl halides is 3. The summed E-state index contributed by atoms with van der Waals surface area (Å²) in [4.78, 5) is 13.4. The van der Waals surface area contributed by atoms with Crippen LogP contribution < -0.4 is 5.32 Å². The first kappa shape index (κ1) is 27.6. The summed E-state index contributed by atoms with van der Waals surface area (Å²) in [7, 11) is 0. The third-order valence-corrected chi connectivity index (χ3v) is 6.74. The molecule has 1 saturated heterocycles. The molecule has 0 radical (unpaired) electrons. The van der Waals surface area contributed by atoms with Crippen molar-refractivity contribution in [2.45, 2.75) is 89.6 Å². The Morgan fingerprint density at radius 2 is 1.78 bits per heavy atom. The van der Waals surface area contributed by atoms with Crippen molar-refractivity contribution in [2.75, 3.05) is 6.54 Å². The molecule has 6 nitrogen and oxygen atoms in total. The number of rotatable bonds is 8. The molecule has 9 heteroatoms. The van der Waals surface area contributed by atoms with Crippen LogP contribution in [0.1, 0.15) is 55.9 Å². The Bertz CT molecular complexity index is 1090. The van der Waals surface area contributed by atoms with Crippen molar-refractivity contribution in [3.63, 3.8) is 0 Å². The molecule has 0 spiro atoms. The zero-order valence-corrected chi connectivity index (χ0v) is 21.6. The van der Waals surface area contributed by atoms with E-state index in [0.717, 1.165) is 23.3 Å². The number of hydrogen-bond donors (Lipinski definition) is 1. The molecule has 4 atom stereocenters. The maximum absolute atomic E-state index is 13.4. The standard InChI is InChI=1S/C28H34F3NO5/c1-5-32-25(33)27(35-17-20-8-6-7-18(2)13-20)14-22(24-23(15-27)36-26(3,4)37-24)34-16-19-9-11-21(12-10-19)28(29,30)31/h6-13,22-24H,5,14-17H2,1-4H3,(H,32,33)/t22-,23+,24-,27+/m0/s1. The summed E-state index contributed by atoms with van der Waals surface area (Å²) in [5, 5.41) is 2.90. The highest BCUT2D eigenvalue weighted by molar-refractivity contribution is 5.85. The van der Waals surface area contributed by atoms with Crippen LogP contribution in [0.3, 0.4) is 0 Å². The molecule has 2 aromatic rings. The Labute approximate surface area is 215 Å². The Hall–Kier alpha value is -2.46. The number of fused-ring (bicyclic) bond motifs is 1. The van der Waals surface area contributed by atoms with Crippen LogP contribution >= 0.6 is 0 Å². The number of benzene rings is 2. The average molecular weight is 522 g/mol. The van der Waals surface area contributed by atoms with Gasteiger partial charge in [0.15, 0.2) is 11.4 Å². The molecule has 1 aliphatic carbocycles. The predicted octanol–water partition coefficient (Wildman–Crippen LogP) is 5.30. The molecule has 1 amide bonds. The zero-order chi connectivity index (χ0) is 26.8. The molecule has 1 heterocycles. The van der Waals surface area contributed by atoms with Gasteiger partial charge in [-0.1, -0.05) is 42.0 Å². The van der Waals surface area contributed by atoms with E-state index in [4.69, 9.17) is 18.9 Å². The minimum atomic E-state index is -4.41. The first-order chi connectivity index (χ1) is 17.4. The number of likely N-dealkylation sites (N-methyl/N-ethyl adjacent to an activating group) is 1. The average Bonchev–Trinajstić information content (AvgIpc) is 3.15. The van der Waals surface area contributed by atoms with E-state index in [-0.39, 0.29) is 25.5 Å². The molecule has 0 aromatic heterocycles. The Kier molecular flexibility index (Phi) is 7.99. The zero-order valence-electron chi connectivity index (χ0n) is 21.6. The van der Waals surface area contributed by atoms with E-state index in [1.54, 1.807) is 13.8 Å². The smallest absolute Gasteiger partial charge is 0.371 e. The summed E-state index contributed by atoms with van der Waals surface area (Å²) >= 11 is 0. The van der Waals surface area contributed by atoms with Gasteiger partial charge in [0.05, 0.1) is 31.0 Å². The van der Waals surface area contributed by atoms with Crippen LogP contribution in [0.15, 0.2) is 48.5 Å². The Balaban J connectivity index is 1.57. The second kappa shape index (κ2) is 10.7. The highest BCUT2D eigenvalue weighted by atomic mass is 19.4. The summed E-state index contributed by atoms with van der Waals surface area (Å²) in [5.41, 5.74) is 0.664. The third-order valence-electron chi connectivity index (χ3n) is 6.74. The molecule has 1 saturated carbocycles. The monoisotopic (exact) mass is 521 g/mol. The van der Waals surface area contributed by atoms with Crippen LogP contribution in [0.2, 0.25) is 0 Å². The maximum atomic E-state index is 13.4. The lowest BCUT2D eigenvalue weighted by Crippen LogP contribution is -2.60. The molecular formula is C28H34F3NO5. The van der Waals surface area contributed by atoms with Gasteiger partial charge < -0.3 is 24.3 Å². The van der Waals surface area contributed by atoms with Crippen LogP contribution in [0, 0.1) is 6.92 Å². The summed E-state index contributed by atoms with van der Waals surface area (Å²) in [6.07, 6.45) is -5.39. The summed E-state index contributed by atoms with van der Waals surface area (Å²) in [6.45, 7) is 8.16.